The normalized spacial score (nSPS) is 17.0. The predicted molar refractivity (Wildman–Crippen MR) is 84.4 cm³/mol. The van der Waals surface area contributed by atoms with Crippen molar-refractivity contribution in [3.63, 3.8) is 0 Å². The van der Waals surface area contributed by atoms with E-state index in [1.807, 2.05) is 27.7 Å². The Hall–Kier alpha value is -1.06. The largest absolute Gasteiger partial charge is 0.481 e. The summed E-state index contributed by atoms with van der Waals surface area (Å²) in [4.78, 5) is 22.7. The number of hydrogen-bond acceptors (Lipinski definition) is 2. The van der Waals surface area contributed by atoms with Gasteiger partial charge in [0.05, 0.1) is 10.8 Å². The molecule has 0 spiro atoms. The summed E-state index contributed by atoms with van der Waals surface area (Å²) in [6.45, 7) is 7.64. The fourth-order valence-corrected chi connectivity index (χ4v) is 2.99. The van der Waals surface area contributed by atoms with Crippen LogP contribution in [0.15, 0.2) is 0 Å². The fraction of sp³-hybridized carbons (Fsp3) is 0.882. The number of aliphatic carboxylic acids is 2. The number of hydrogen-bond donors (Lipinski definition) is 2. The Balaban J connectivity index is 4.20. The van der Waals surface area contributed by atoms with E-state index < -0.39 is 22.8 Å². The third-order valence-electron chi connectivity index (χ3n) is 4.59. The number of rotatable bonds is 12. The first-order valence-corrected chi connectivity index (χ1v) is 8.18. The zero-order valence-electron chi connectivity index (χ0n) is 14.1. The van der Waals surface area contributed by atoms with Gasteiger partial charge in [-0.2, -0.15) is 0 Å². The molecule has 0 rings (SSSR count). The Morgan fingerprint density at radius 1 is 0.714 bits per heavy atom. The zero-order valence-corrected chi connectivity index (χ0v) is 14.1. The summed E-state index contributed by atoms with van der Waals surface area (Å²) < 4.78 is 0. The molecule has 0 fully saturated rings. The molecule has 0 saturated carbocycles. The smallest absolute Gasteiger partial charge is 0.309 e. The van der Waals surface area contributed by atoms with Gasteiger partial charge >= 0.3 is 11.9 Å². The predicted octanol–water partition coefficient (Wildman–Crippen LogP) is 4.72. The van der Waals surface area contributed by atoms with Crippen molar-refractivity contribution in [1.82, 2.24) is 0 Å². The van der Waals surface area contributed by atoms with Gasteiger partial charge in [-0.25, -0.2) is 0 Å². The van der Waals surface area contributed by atoms with Gasteiger partial charge in [-0.1, -0.05) is 46.0 Å². The lowest BCUT2D eigenvalue weighted by Gasteiger charge is -2.26. The summed E-state index contributed by atoms with van der Waals surface area (Å²) in [6, 6.07) is 0. The maximum atomic E-state index is 11.3. The molecule has 0 amide bonds. The van der Waals surface area contributed by atoms with Crippen molar-refractivity contribution in [2.75, 3.05) is 0 Å². The van der Waals surface area contributed by atoms with Crippen molar-refractivity contribution in [2.24, 2.45) is 10.8 Å². The van der Waals surface area contributed by atoms with Crippen LogP contribution < -0.4 is 0 Å². The van der Waals surface area contributed by atoms with E-state index in [4.69, 9.17) is 0 Å². The first-order valence-electron chi connectivity index (χ1n) is 8.18. The zero-order chi connectivity index (χ0) is 16.5. The molecule has 0 bridgehead atoms. The molecule has 0 aliphatic carbocycles. The first-order chi connectivity index (χ1) is 9.72. The van der Waals surface area contributed by atoms with Gasteiger partial charge in [0.15, 0.2) is 0 Å². The van der Waals surface area contributed by atoms with Gasteiger partial charge < -0.3 is 10.2 Å². The van der Waals surface area contributed by atoms with E-state index in [2.05, 4.69) is 0 Å². The van der Waals surface area contributed by atoms with Gasteiger partial charge in [0.2, 0.25) is 0 Å². The van der Waals surface area contributed by atoms with Gasteiger partial charge in [0, 0.05) is 0 Å². The molecular formula is C17H32O4. The van der Waals surface area contributed by atoms with E-state index in [0.717, 1.165) is 32.1 Å². The van der Waals surface area contributed by atoms with Crippen molar-refractivity contribution in [3.05, 3.63) is 0 Å². The molecule has 0 aliphatic rings. The van der Waals surface area contributed by atoms with Crippen LogP contribution >= 0.6 is 0 Å². The Kier molecular flexibility index (Phi) is 8.60. The van der Waals surface area contributed by atoms with E-state index in [-0.39, 0.29) is 0 Å². The highest BCUT2D eigenvalue weighted by molar-refractivity contribution is 5.74. The Morgan fingerprint density at radius 2 is 1.05 bits per heavy atom. The van der Waals surface area contributed by atoms with Crippen molar-refractivity contribution < 1.29 is 19.8 Å². The van der Waals surface area contributed by atoms with Crippen LogP contribution in [0.3, 0.4) is 0 Å². The number of unbranched alkanes of at least 4 members (excludes halogenated alkanes) is 2. The highest BCUT2D eigenvalue weighted by Gasteiger charge is 2.33. The van der Waals surface area contributed by atoms with Gasteiger partial charge in [0.1, 0.15) is 0 Å². The SMILES string of the molecule is CCCC(C)(CCCCCC(C)(CCC)C(=O)O)C(=O)O. The molecule has 2 N–H and O–H groups in total. The van der Waals surface area contributed by atoms with E-state index in [0.29, 0.717) is 25.7 Å². The highest BCUT2D eigenvalue weighted by atomic mass is 16.4. The van der Waals surface area contributed by atoms with Crippen LogP contribution in [0.25, 0.3) is 0 Å². The third-order valence-corrected chi connectivity index (χ3v) is 4.59. The quantitative estimate of drug-likeness (QED) is 0.511. The lowest BCUT2D eigenvalue weighted by molar-refractivity contribution is -0.149. The fourth-order valence-electron chi connectivity index (χ4n) is 2.99. The molecule has 0 aromatic heterocycles. The van der Waals surface area contributed by atoms with Crippen LogP contribution in [0.1, 0.15) is 85.5 Å². The van der Waals surface area contributed by atoms with Crippen molar-refractivity contribution in [2.45, 2.75) is 85.5 Å². The summed E-state index contributed by atoms with van der Waals surface area (Å²) in [5.41, 5.74) is -1.26. The van der Waals surface area contributed by atoms with Crippen LogP contribution in [0, 0.1) is 10.8 Å². The molecule has 0 heterocycles. The topological polar surface area (TPSA) is 74.6 Å². The van der Waals surface area contributed by atoms with Gasteiger partial charge in [-0.05, 0) is 39.5 Å². The minimum absolute atomic E-state index is 0.631. The molecule has 2 atom stereocenters. The molecule has 4 nitrogen and oxygen atoms in total. The molecule has 21 heavy (non-hydrogen) atoms. The van der Waals surface area contributed by atoms with Gasteiger partial charge in [0.25, 0.3) is 0 Å². The van der Waals surface area contributed by atoms with Crippen LogP contribution in [0.2, 0.25) is 0 Å². The van der Waals surface area contributed by atoms with Crippen LogP contribution in [0.5, 0.6) is 0 Å². The molecular weight excluding hydrogens is 268 g/mol. The van der Waals surface area contributed by atoms with E-state index in [1.165, 1.54) is 0 Å². The van der Waals surface area contributed by atoms with Crippen molar-refractivity contribution in [3.8, 4) is 0 Å². The summed E-state index contributed by atoms with van der Waals surface area (Å²) in [5, 5.41) is 18.6. The molecule has 0 radical (unpaired) electrons. The van der Waals surface area contributed by atoms with Crippen LogP contribution in [-0.4, -0.2) is 22.2 Å². The Labute approximate surface area is 128 Å². The third kappa shape index (κ3) is 6.49. The Bertz CT molecular complexity index is 308. The second-order valence-corrected chi connectivity index (χ2v) is 6.79. The minimum Gasteiger partial charge on any atom is -0.481 e. The van der Waals surface area contributed by atoms with E-state index >= 15 is 0 Å². The lowest BCUT2D eigenvalue weighted by atomic mass is 9.78. The molecule has 2 unspecified atom stereocenters. The van der Waals surface area contributed by atoms with Crippen molar-refractivity contribution in [1.29, 1.82) is 0 Å². The standard InChI is InChI=1S/C17H32O4/c1-5-10-16(3,14(18)19)12-8-7-9-13-17(4,11-6-2)15(20)21/h5-13H2,1-4H3,(H,18,19)(H,20,21). The highest BCUT2D eigenvalue weighted by Crippen LogP contribution is 2.33. The number of carboxylic acids is 2. The molecule has 0 saturated heterocycles. The summed E-state index contributed by atoms with van der Waals surface area (Å²) >= 11 is 0. The van der Waals surface area contributed by atoms with Crippen LogP contribution in [-0.2, 0) is 9.59 Å². The average Bonchev–Trinajstić information content (AvgIpc) is 2.38. The summed E-state index contributed by atoms with van der Waals surface area (Å²) in [5.74, 6) is -1.43. The van der Waals surface area contributed by atoms with Gasteiger partial charge in [-0.15, -0.1) is 0 Å². The molecule has 124 valence electrons. The second-order valence-electron chi connectivity index (χ2n) is 6.79. The van der Waals surface area contributed by atoms with Crippen LogP contribution in [0.4, 0.5) is 0 Å². The second kappa shape index (κ2) is 9.06. The van der Waals surface area contributed by atoms with E-state index in [1.54, 1.807) is 0 Å². The molecule has 0 aliphatic heterocycles. The van der Waals surface area contributed by atoms with Gasteiger partial charge in [-0.3, -0.25) is 9.59 Å². The molecule has 0 aromatic carbocycles. The maximum Gasteiger partial charge on any atom is 0.309 e. The number of carboxylic acid groups (broad SMARTS) is 2. The van der Waals surface area contributed by atoms with E-state index in [9.17, 15) is 19.8 Å². The first kappa shape index (κ1) is 19.9. The summed E-state index contributed by atoms with van der Waals surface area (Å²) in [6.07, 6.45) is 7.10. The minimum atomic E-state index is -0.717. The molecule has 4 heteroatoms. The number of carbonyl (C=O) groups is 2. The Morgan fingerprint density at radius 3 is 1.29 bits per heavy atom. The lowest BCUT2D eigenvalue weighted by Crippen LogP contribution is -2.28. The summed E-state index contributed by atoms with van der Waals surface area (Å²) in [7, 11) is 0. The maximum absolute atomic E-state index is 11.3. The average molecular weight is 300 g/mol. The monoisotopic (exact) mass is 300 g/mol. The van der Waals surface area contributed by atoms with Crippen molar-refractivity contribution >= 4 is 11.9 Å². The molecule has 0 aromatic rings.